The average molecular weight is 268 g/mol. The second-order valence-electron chi connectivity index (χ2n) is 4.66. The van der Waals surface area contributed by atoms with E-state index >= 15 is 0 Å². The fraction of sp³-hybridized carbons (Fsp3) is 0.0625. The maximum atomic E-state index is 12.1. The van der Waals surface area contributed by atoms with E-state index in [0.29, 0.717) is 16.5 Å². The van der Waals surface area contributed by atoms with E-state index in [1.165, 1.54) is 12.1 Å². The van der Waals surface area contributed by atoms with Gasteiger partial charge in [0.05, 0.1) is 5.39 Å². The molecule has 0 saturated heterocycles. The summed E-state index contributed by atoms with van der Waals surface area (Å²) in [6.45, 7) is 1.89. The lowest BCUT2D eigenvalue weighted by molar-refractivity contribution is 0.448. The van der Waals surface area contributed by atoms with Crippen LogP contribution in [0.1, 0.15) is 5.56 Å². The van der Waals surface area contributed by atoms with Crippen LogP contribution in [-0.2, 0) is 0 Å². The maximum absolute atomic E-state index is 12.1. The number of benzene rings is 2. The van der Waals surface area contributed by atoms with Gasteiger partial charge in [-0.25, -0.2) is 0 Å². The molecule has 0 unspecified atom stereocenters. The summed E-state index contributed by atoms with van der Waals surface area (Å²) in [5.74, 6) is -0.357. The topological polar surface area (TPSA) is 70.7 Å². The highest BCUT2D eigenvalue weighted by molar-refractivity contribution is 5.82. The third-order valence-electron chi connectivity index (χ3n) is 3.13. The van der Waals surface area contributed by atoms with E-state index in [2.05, 4.69) is 0 Å². The van der Waals surface area contributed by atoms with Gasteiger partial charge in [-0.15, -0.1) is 0 Å². The van der Waals surface area contributed by atoms with Crippen LogP contribution in [0.25, 0.3) is 22.3 Å². The molecular formula is C16H12O4. The summed E-state index contributed by atoms with van der Waals surface area (Å²) in [5.41, 5.74) is 1.33. The van der Waals surface area contributed by atoms with E-state index in [1.807, 2.05) is 6.92 Å². The molecule has 2 N–H and O–H groups in total. The van der Waals surface area contributed by atoms with Gasteiger partial charge < -0.3 is 14.6 Å². The number of fused-ring (bicyclic) bond motifs is 1. The number of aryl methyl sites for hydroxylation is 1. The first-order chi connectivity index (χ1) is 9.56. The zero-order valence-corrected chi connectivity index (χ0v) is 10.8. The van der Waals surface area contributed by atoms with E-state index in [9.17, 15) is 15.0 Å². The number of hydrogen-bond donors (Lipinski definition) is 2. The van der Waals surface area contributed by atoms with Crippen molar-refractivity contribution in [2.45, 2.75) is 6.92 Å². The molecule has 3 aromatic rings. The number of phenols is 1. The Hall–Kier alpha value is -2.75. The number of aromatic hydroxyl groups is 2. The Morgan fingerprint density at radius 1 is 1.05 bits per heavy atom. The molecule has 0 bridgehead atoms. The molecule has 0 spiro atoms. The van der Waals surface area contributed by atoms with E-state index in [-0.39, 0.29) is 11.5 Å². The standard InChI is InChI=1S/C16H12O4/c1-9-5-6-12-13(7-9)20-16(15(19)14(12)18)10-3-2-4-11(17)8-10/h2-8,17,19H,1H3. The van der Waals surface area contributed by atoms with Gasteiger partial charge in [0, 0.05) is 5.56 Å². The van der Waals surface area contributed by atoms with Crippen molar-refractivity contribution in [1.82, 2.24) is 0 Å². The third-order valence-corrected chi connectivity index (χ3v) is 3.13. The first-order valence-corrected chi connectivity index (χ1v) is 6.12. The molecule has 20 heavy (non-hydrogen) atoms. The monoisotopic (exact) mass is 268 g/mol. The van der Waals surface area contributed by atoms with Gasteiger partial charge in [-0.2, -0.15) is 0 Å². The molecule has 0 radical (unpaired) electrons. The molecule has 0 atom stereocenters. The Morgan fingerprint density at radius 3 is 2.60 bits per heavy atom. The zero-order valence-electron chi connectivity index (χ0n) is 10.8. The second kappa shape index (κ2) is 4.42. The van der Waals surface area contributed by atoms with Crippen LogP contribution >= 0.6 is 0 Å². The SMILES string of the molecule is Cc1ccc2c(=O)c(O)c(-c3cccc(O)c3)oc2c1. The lowest BCUT2D eigenvalue weighted by Gasteiger charge is -2.06. The summed E-state index contributed by atoms with van der Waals surface area (Å²) >= 11 is 0. The van der Waals surface area contributed by atoms with Crippen LogP contribution < -0.4 is 5.43 Å². The fourth-order valence-electron chi connectivity index (χ4n) is 2.13. The van der Waals surface area contributed by atoms with Crippen molar-refractivity contribution in [2.75, 3.05) is 0 Å². The normalized spacial score (nSPS) is 10.8. The van der Waals surface area contributed by atoms with Gasteiger partial charge in [0.1, 0.15) is 11.3 Å². The van der Waals surface area contributed by atoms with Crippen LogP contribution in [0.2, 0.25) is 0 Å². The second-order valence-corrected chi connectivity index (χ2v) is 4.66. The van der Waals surface area contributed by atoms with Crippen molar-refractivity contribution in [3.63, 3.8) is 0 Å². The van der Waals surface area contributed by atoms with Crippen LogP contribution in [0, 0.1) is 6.92 Å². The van der Waals surface area contributed by atoms with E-state index in [4.69, 9.17) is 4.42 Å². The first kappa shape index (κ1) is 12.3. The van der Waals surface area contributed by atoms with Crippen LogP contribution in [-0.4, -0.2) is 10.2 Å². The Morgan fingerprint density at radius 2 is 1.85 bits per heavy atom. The predicted molar refractivity (Wildman–Crippen MR) is 76.0 cm³/mol. The van der Waals surface area contributed by atoms with E-state index in [0.717, 1.165) is 5.56 Å². The highest BCUT2D eigenvalue weighted by Gasteiger charge is 2.15. The molecule has 4 nitrogen and oxygen atoms in total. The molecule has 4 heteroatoms. The molecule has 0 saturated carbocycles. The predicted octanol–water partition coefficient (Wildman–Crippen LogP) is 3.18. The minimum absolute atomic E-state index is 0.0360. The fourth-order valence-corrected chi connectivity index (χ4v) is 2.13. The third kappa shape index (κ3) is 1.91. The lowest BCUT2D eigenvalue weighted by atomic mass is 10.1. The summed E-state index contributed by atoms with van der Waals surface area (Å²) in [7, 11) is 0. The van der Waals surface area contributed by atoms with E-state index < -0.39 is 11.2 Å². The molecule has 0 aliphatic heterocycles. The van der Waals surface area contributed by atoms with Crippen LogP contribution in [0.3, 0.4) is 0 Å². The minimum Gasteiger partial charge on any atom is -0.508 e. The van der Waals surface area contributed by atoms with Crippen molar-refractivity contribution in [3.8, 4) is 22.8 Å². The zero-order chi connectivity index (χ0) is 14.3. The minimum atomic E-state index is -0.482. The number of phenolic OH excluding ortho intramolecular Hbond substituents is 1. The molecule has 0 aliphatic rings. The molecular weight excluding hydrogens is 256 g/mol. The molecule has 3 rings (SSSR count). The van der Waals surface area contributed by atoms with Gasteiger partial charge >= 0.3 is 0 Å². The summed E-state index contributed by atoms with van der Waals surface area (Å²) < 4.78 is 5.63. The summed E-state index contributed by atoms with van der Waals surface area (Å²) in [6.07, 6.45) is 0. The van der Waals surface area contributed by atoms with Crippen molar-refractivity contribution in [2.24, 2.45) is 0 Å². The number of hydrogen-bond acceptors (Lipinski definition) is 4. The largest absolute Gasteiger partial charge is 0.508 e. The van der Waals surface area contributed by atoms with Crippen LogP contribution in [0.4, 0.5) is 0 Å². The summed E-state index contributed by atoms with van der Waals surface area (Å²) in [6, 6.07) is 11.4. The Kier molecular flexibility index (Phi) is 2.71. The lowest BCUT2D eigenvalue weighted by Crippen LogP contribution is -2.02. The summed E-state index contributed by atoms with van der Waals surface area (Å²) in [4.78, 5) is 12.1. The maximum Gasteiger partial charge on any atom is 0.235 e. The first-order valence-electron chi connectivity index (χ1n) is 6.12. The van der Waals surface area contributed by atoms with Crippen LogP contribution in [0.5, 0.6) is 11.5 Å². The van der Waals surface area contributed by atoms with Gasteiger partial charge in [-0.3, -0.25) is 4.79 Å². The van der Waals surface area contributed by atoms with E-state index in [1.54, 1.807) is 30.3 Å². The highest BCUT2D eigenvalue weighted by Crippen LogP contribution is 2.31. The average Bonchev–Trinajstić information content (AvgIpc) is 2.42. The van der Waals surface area contributed by atoms with Crippen molar-refractivity contribution < 1.29 is 14.6 Å². The smallest absolute Gasteiger partial charge is 0.235 e. The Labute approximate surface area is 114 Å². The molecule has 1 heterocycles. The molecule has 1 aromatic heterocycles. The van der Waals surface area contributed by atoms with Crippen molar-refractivity contribution >= 4 is 11.0 Å². The molecule has 0 amide bonds. The van der Waals surface area contributed by atoms with Gasteiger partial charge in [0.15, 0.2) is 5.76 Å². The van der Waals surface area contributed by atoms with Gasteiger partial charge in [-0.1, -0.05) is 18.2 Å². The van der Waals surface area contributed by atoms with Crippen LogP contribution in [0.15, 0.2) is 51.7 Å². The molecule has 2 aromatic carbocycles. The molecule has 0 fully saturated rings. The van der Waals surface area contributed by atoms with Gasteiger partial charge in [0.2, 0.25) is 11.2 Å². The Balaban J connectivity index is 2.37. The molecule has 0 aliphatic carbocycles. The van der Waals surface area contributed by atoms with Gasteiger partial charge in [-0.05, 0) is 36.8 Å². The van der Waals surface area contributed by atoms with Crippen molar-refractivity contribution in [3.05, 3.63) is 58.3 Å². The Bertz CT molecular complexity index is 862. The quantitative estimate of drug-likeness (QED) is 0.711. The van der Waals surface area contributed by atoms with Crippen molar-refractivity contribution in [1.29, 1.82) is 0 Å². The molecule has 100 valence electrons. The highest BCUT2D eigenvalue weighted by atomic mass is 16.4. The number of rotatable bonds is 1. The summed E-state index contributed by atoms with van der Waals surface area (Å²) in [5, 5.41) is 19.8. The van der Waals surface area contributed by atoms with Gasteiger partial charge in [0.25, 0.3) is 0 Å².